The van der Waals surface area contributed by atoms with Crippen LogP contribution in [-0.4, -0.2) is 43.0 Å². The zero-order valence-electron chi connectivity index (χ0n) is 12.2. The van der Waals surface area contributed by atoms with Gasteiger partial charge in [0.05, 0.1) is 18.8 Å². The van der Waals surface area contributed by atoms with Crippen molar-refractivity contribution in [1.82, 2.24) is 5.32 Å². The number of benzene rings is 1. The number of hydrogen-bond acceptors (Lipinski definition) is 4. The molecule has 0 spiro atoms. The lowest BCUT2D eigenvalue weighted by atomic mass is 10.0. The number of aliphatic hydroxyl groups is 1. The van der Waals surface area contributed by atoms with Crippen LogP contribution < -0.4 is 10.1 Å². The van der Waals surface area contributed by atoms with E-state index in [1.54, 1.807) is 0 Å². The summed E-state index contributed by atoms with van der Waals surface area (Å²) in [6, 6.07) is 9.26. The predicted molar refractivity (Wildman–Crippen MR) is 79.2 cm³/mol. The molecule has 0 aliphatic heterocycles. The third-order valence-electron chi connectivity index (χ3n) is 3.74. The smallest absolute Gasteiger partial charge is 0.258 e. The SMILES string of the molecule is O=C(COc1ccccc1)NCC1(OCCO)CCCC1. The van der Waals surface area contributed by atoms with Crippen molar-refractivity contribution in [2.45, 2.75) is 31.3 Å². The molecule has 1 aliphatic carbocycles. The highest BCUT2D eigenvalue weighted by Crippen LogP contribution is 2.32. The van der Waals surface area contributed by atoms with Crippen molar-refractivity contribution in [3.63, 3.8) is 0 Å². The molecule has 5 nitrogen and oxygen atoms in total. The Hall–Kier alpha value is -1.59. The third-order valence-corrected chi connectivity index (χ3v) is 3.74. The number of rotatable bonds is 8. The van der Waals surface area contributed by atoms with Gasteiger partial charge in [-0.3, -0.25) is 4.79 Å². The quantitative estimate of drug-likeness (QED) is 0.762. The molecule has 2 rings (SSSR count). The minimum Gasteiger partial charge on any atom is -0.484 e. The lowest BCUT2D eigenvalue weighted by Crippen LogP contribution is -2.44. The van der Waals surface area contributed by atoms with Crippen molar-refractivity contribution in [3.05, 3.63) is 30.3 Å². The van der Waals surface area contributed by atoms with Crippen LogP contribution in [-0.2, 0) is 9.53 Å². The summed E-state index contributed by atoms with van der Waals surface area (Å²) in [4.78, 5) is 11.8. The van der Waals surface area contributed by atoms with Crippen LogP contribution in [0, 0.1) is 0 Å². The molecule has 2 N–H and O–H groups in total. The summed E-state index contributed by atoms with van der Waals surface area (Å²) in [6.07, 6.45) is 4.04. The lowest BCUT2D eigenvalue weighted by molar-refractivity contribution is -0.125. The number of nitrogens with one attached hydrogen (secondary N) is 1. The van der Waals surface area contributed by atoms with Crippen LogP contribution in [0.1, 0.15) is 25.7 Å². The Labute approximate surface area is 125 Å². The van der Waals surface area contributed by atoms with Crippen LogP contribution in [0.3, 0.4) is 0 Å². The molecule has 1 saturated carbocycles. The van der Waals surface area contributed by atoms with Crippen LogP contribution in [0.2, 0.25) is 0 Å². The Morgan fingerprint density at radius 2 is 1.95 bits per heavy atom. The Balaban J connectivity index is 1.74. The van der Waals surface area contributed by atoms with E-state index in [1.807, 2.05) is 30.3 Å². The fourth-order valence-electron chi connectivity index (χ4n) is 2.63. The van der Waals surface area contributed by atoms with Crippen molar-refractivity contribution >= 4 is 5.91 Å². The van der Waals surface area contributed by atoms with Gasteiger partial charge in [0.1, 0.15) is 5.75 Å². The van der Waals surface area contributed by atoms with E-state index in [0.29, 0.717) is 18.9 Å². The molecular formula is C16H23NO4. The fourth-order valence-corrected chi connectivity index (χ4v) is 2.63. The van der Waals surface area contributed by atoms with Gasteiger partial charge in [0, 0.05) is 6.54 Å². The van der Waals surface area contributed by atoms with Gasteiger partial charge >= 0.3 is 0 Å². The standard InChI is InChI=1S/C16H23NO4/c18-10-11-21-16(8-4-5-9-16)13-17-15(19)12-20-14-6-2-1-3-7-14/h1-3,6-7,18H,4-5,8-13H2,(H,17,19). The van der Waals surface area contributed by atoms with Gasteiger partial charge in [-0.1, -0.05) is 31.0 Å². The highest BCUT2D eigenvalue weighted by molar-refractivity contribution is 5.77. The second kappa shape index (κ2) is 8.00. The summed E-state index contributed by atoms with van der Waals surface area (Å²) in [7, 11) is 0. The van der Waals surface area contributed by atoms with Gasteiger partial charge in [0.15, 0.2) is 6.61 Å². The van der Waals surface area contributed by atoms with Gasteiger partial charge in [-0.15, -0.1) is 0 Å². The molecule has 21 heavy (non-hydrogen) atoms. The Bertz CT molecular complexity index is 429. The van der Waals surface area contributed by atoms with Crippen molar-refractivity contribution in [3.8, 4) is 5.75 Å². The first-order chi connectivity index (χ1) is 10.2. The second-order valence-corrected chi connectivity index (χ2v) is 5.34. The largest absolute Gasteiger partial charge is 0.484 e. The minimum atomic E-state index is -0.314. The molecule has 1 amide bonds. The number of ether oxygens (including phenoxy) is 2. The summed E-state index contributed by atoms with van der Waals surface area (Å²) >= 11 is 0. The Morgan fingerprint density at radius 3 is 2.62 bits per heavy atom. The Kier molecular flexibility index (Phi) is 6.02. The maximum atomic E-state index is 11.8. The summed E-state index contributed by atoms with van der Waals surface area (Å²) < 4.78 is 11.2. The van der Waals surface area contributed by atoms with E-state index in [9.17, 15) is 4.79 Å². The van der Waals surface area contributed by atoms with Crippen LogP contribution in [0.5, 0.6) is 5.75 Å². The summed E-state index contributed by atoms with van der Waals surface area (Å²) in [5.41, 5.74) is -0.314. The van der Waals surface area contributed by atoms with Crippen molar-refractivity contribution in [2.75, 3.05) is 26.4 Å². The van der Waals surface area contributed by atoms with E-state index in [0.717, 1.165) is 25.7 Å². The second-order valence-electron chi connectivity index (χ2n) is 5.34. The zero-order valence-corrected chi connectivity index (χ0v) is 12.2. The molecule has 0 atom stereocenters. The molecule has 1 fully saturated rings. The van der Waals surface area contributed by atoms with Gasteiger partial charge in [-0.2, -0.15) is 0 Å². The zero-order chi connectivity index (χ0) is 15.0. The molecule has 1 aromatic carbocycles. The van der Waals surface area contributed by atoms with Gasteiger partial charge in [0.2, 0.25) is 0 Å². The van der Waals surface area contributed by atoms with Gasteiger partial charge in [0.25, 0.3) is 5.91 Å². The molecule has 0 unspecified atom stereocenters. The van der Waals surface area contributed by atoms with Crippen LogP contribution in [0.4, 0.5) is 0 Å². The minimum absolute atomic E-state index is 0.0000926. The predicted octanol–water partition coefficient (Wildman–Crippen LogP) is 1.50. The highest BCUT2D eigenvalue weighted by Gasteiger charge is 2.35. The number of amides is 1. The molecule has 0 aromatic heterocycles. The number of carbonyl (C=O) groups excluding carboxylic acids is 1. The molecule has 0 radical (unpaired) electrons. The van der Waals surface area contributed by atoms with Gasteiger partial charge in [-0.25, -0.2) is 0 Å². The van der Waals surface area contributed by atoms with Crippen molar-refractivity contribution < 1.29 is 19.4 Å². The van der Waals surface area contributed by atoms with E-state index in [-0.39, 0.29) is 24.7 Å². The molecule has 0 heterocycles. The molecule has 116 valence electrons. The van der Waals surface area contributed by atoms with E-state index in [2.05, 4.69) is 5.32 Å². The molecule has 0 bridgehead atoms. The maximum absolute atomic E-state index is 11.8. The maximum Gasteiger partial charge on any atom is 0.258 e. The van der Waals surface area contributed by atoms with E-state index >= 15 is 0 Å². The first kappa shape index (κ1) is 15.8. The van der Waals surface area contributed by atoms with E-state index in [4.69, 9.17) is 14.6 Å². The highest BCUT2D eigenvalue weighted by atomic mass is 16.5. The van der Waals surface area contributed by atoms with Gasteiger partial charge < -0.3 is 19.9 Å². The molecule has 1 aromatic rings. The summed E-state index contributed by atoms with van der Waals surface area (Å²) in [5, 5.41) is 11.8. The first-order valence-corrected chi connectivity index (χ1v) is 7.43. The molecule has 5 heteroatoms. The van der Waals surface area contributed by atoms with Gasteiger partial charge in [-0.05, 0) is 25.0 Å². The number of hydrogen-bond donors (Lipinski definition) is 2. The van der Waals surface area contributed by atoms with Crippen LogP contribution in [0.25, 0.3) is 0 Å². The normalized spacial score (nSPS) is 16.6. The Morgan fingerprint density at radius 1 is 1.24 bits per heavy atom. The average molecular weight is 293 g/mol. The van der Waals surface area contributed by atoms with Crippen LogP contribution >= 0.6 is 0 Å². The topological polar surface area (TPSA) is 67.8 Å². The number of aliphatic hydroxyl groups excluding tert-OH is 1. The third kappa shape index (κ3) is 5.02. The summed E-state index contributed by atoms with van der Waals surface area (Å²) in [5.74, 6) is 0.525. The summed E-state index contributed by atoms with van der Waals surface area (Å²) in [6.45, 7) is 0.799. The van der Waals surface area contributed by atoms with E-state index < -0.39 is 0 Å². The molecular weight excluding hydrogens is 270 g/mol. The fraction of sp³-hybridized carbons (Fsp3) is 0.562. The van der Waals surface area contributed by atoms with E-state index in [1.165, 1.54) is 0 Å². The molecule has 0 saturated heterocycles. The number of carbonyl (C=O) groups is 1. The molecule has 1 aliphatic rings. The lowest BCUT2D eigenvalue weighted by Gasteiger charge is -2.29. The number of para-hydroxylation sites is 1. The van der Waals surface area contributed by atoms with Crippen LogP contribution in [0.15, 0.2) is 30.3 Å². The average Bonchev–Trinajstić information content (AvgIpc) is 2.99. The van der Waals surface area contributed by atoms with Crippen molar-refractivity contribution in [1.29, 1.82) is 0 Å². The monoisotopic (exact) mass is 293 g/mol. The first-order valence-electron chi connectivity index (χ1n) is 7.43. The van der Waals surface area contributed by atoms with Crippen molar-refractivity contribution in [2.24, 2.45) is 0 Å².